The molecule has 0 amide bonds. The molecule has 2 aromatic rings. The molecular formula is C12H12N2OS. The largest absolute Gasteiger partial charge is 0.299 e. The van der Waals surface area contributed by atoms with E-state index in [1.165, 1.54) is 5.57 Å². The molecule has 0 N–H and O–H groups in total. The summed E-state index contributed by atoms with van der Waals surface area (Å²) in [6, 6.07) is 0. The van der Waals surface area contributed by atoms with Crippen LogP contribution in [-0.4, -0.2) is 15.2 Å². The van der Waals surface area contributed by atoms with Gasteiger partial charge in [-0.25, -0.2) is 4.98 Å². The van der Waals surface area contributed by atoms with Crippen molar-refractivity contribution in [3.8, 4) is 0 Å². The minimum atomic E-state index is 0.356. The molecule has 16 heavy (non-hydrogen) atoms. The Morgan fingerprint density at radius 3 is 3.12 bits per heavy atom. The lowest BCUT2D eigenvalue weighted by Crippen LogP contribution is -2.05. The Morgan fingerprint density at radius 1 is 1.44 bits per heavy atom. The van der Waals surface area contributed by atoms with E-state index in [1.54, 1.807) is 11.3 Å². The molecule has 0 saturated carbocycles. The van der Waals surface area contributed by atoms with Crippen molar-refractivity contribution in [3.05, 3.63) is 35.1 Å². The van der Waals surface area contributed by atoms with Gasteiger partial charge in [-0.05, 0) is 6.42 Å². The van der Waals surface area contributed by atoms with E-state index in [1.807, 2.05) is 11.6 Å². The van der Waals surface area contributed by atoms with Crippen molar-refractivity contribution in [2.24, 2.45) is 0 Å². The molecule has 0 atom stereocenters. The number of allylic oxidation sites excluding steroid dienone is 2. The number of Topliss-reactive ketones (excluding diaryl/α,β-unsaturated/α-hetero) is 1. The fourth-order valence-corrected chi connectivity index (χ4v) is 2.74. The molecule has 1 aliphatic rings. The van der Waals surface area contributed by atoms with Gasteiger partial charge < -0.3 is 0 Å². The molecule has 4 heteroatoms. The van der Waals surface area contributed by atoms with Crippen LogP contribution in [-0.2, 0) is 11.2 Å². The first kappa shape index (κ1) is 9.78. The van der Waals surface area contributed by atoms with E-state index >= 15 is 0 Å². The lowest BCUT2D eigenvalue weighted by atomic mass is 9.95. The van der Waals surface area contributed by atoms with Crippen LogP contribution in [0, 0.1) is 0 Å². The van der Waals surface area contributed by atoms with E-state index in [4.69, 9.17) is 0 Å². The van der Waals surface area contributed by atoms with Crippen LogP contribution in [0.15, 0.2) is 29.4 Å². The van der Waals surface area contributed by atoms with Gasteiger partial charge in [0.05, 0.1) is 5.69 Å². The topological polar surface area (TPSA) is 34.4 Å². The van der Waals surface area contributed by atoms with Gasteiger partial charge in [-0.1, -0.05) is 11.6 Å². The first-order valence-corrected chi connectivity index (χ1v) is 6.30. The van der Waals surface area contributed by atoms with Gasteiger partial charge in [0.1, 0.15) is 5.78 Å². The predicted molar refractivity (Wildman–Crippen MR) is 63.7 cm³/mol. The van der Waals surface area contributed by atoms with Gasteiger partial charge in [0.2, 0.25) is 0 Å². The number of fused-ring (bicyclic) bond motifs is 1. The molecule has 1 aliphatic carbocycles. The summed E-state index contributed by atoms with van der Waals surface area (Å²) in [6.07, 6.45) is 9.27. The summed E-state index contributed by atoms with van der Waals surface area (Å²) in [6.45, 7) is 0. The quantitative estimate of drug-likeness (QED) is 0.746. The number of imidazole rings is 1. The normalized spacial score (nSPS) is 16.8. The maximum Gasteiger partial charge on any atom is 0.193 e. The van der Waals surface area contributed by atoms with E-state index in [0.717, 1.165) is 23.5 Å². The van der Waals surface area contributed by atoms with E-state index in [0.29, 0.717) is 18.6 Å². The van der Waals surface area contributed by atoms with Crippen molar-refractivity contribution in [1.82, 2.24) is 9.38 Å². The molecule has 82 valence electrons. The minimum absolute atomic E-state index is 0.356. The summed E-state index contributed by atoms with van der Waals surface area (Å²) < 4.78 is 2.05. The third kappa shape index (κ3) is 1.80. The average molecular weight is 232 g/mol. The number of aromatic nitrogens is 2. The van der Waals surface area contributed by atoms with Crippen molar-refractivity contribution < 1.29 is 4.79 Å². The Kier molecular flexibility index (Phi) is 2.36. The van der Waals surface area contributed by atoms with E-state index in [2.05, 4.69) is 21.7 Å². The molecule has 0 aromatic carbocycles. The van der Waals surface area contributed by atoms with E-state index in [9.17, 15) is 4.79 Å². The van der Waals surface area contributed by atoms with E-state index in [-0.39, 0.29) is 0 Å². The van der Waals surface area contributed by atoms with Gasteiger partial charge in [0, 0.05) is 37.0 Å². The van der Waals surface area contributed by atoms with Crippen LogP contribution < -0.4 is 0 Å². The summed E-state index contributed by atoms with van der Waals surface area (Å²) in [5.41, 5.74) is 2.46. The molecule has 3 rings (SSSR count). The molecule has 2 aromatic heterocycles. The highest BCUT2D eigenvalue weighted by atomic mass is 32.1. The lowest BCUT2D eigenvalue weighted by Gasteiger charge is -2.10. The van der Waals surface area contributed by atoms with E-state index < -0.39 is 0 Å². The monoisotopic (exact) mass is 232 g/mol. The van der Waals surface area contributed by atoms with Crippen molar-refractivity contribution in [1.29, 1.82) is 0 Å². The molecular weight excluding hydrogens is 220 g/mol. The van der Waals surface area contributed by atoms with Crippen molar-refractivity contribution in [2.75, 3.05) is 0 Å². The zero-order valence-corrected chi connectivity index (χ0v) is 9.67. The van der Waals surface area contributed by atoms with Gasteiger partial charge in [0.15, 0.2) is 4.96 Å². The SMILES string of the molecule is O=C1CC=C(Cc2cn3ccsc3n2)CC1. The van der Waals surface area contributed by atoms with Crippen LogP contribution in [0.1, 0.15) is 25.0 Å². The molecule has 2 heterocycles. The van der Waals surface area contributed by atoms with Crippen LogP contribution in [0.2, 0.25) is 0 Å². The van der Waals surface area contributed by atoms with Crippen molar-refractivity contribution >= 4 is 22.1 Å². The number of ketones is 1. The number of rotatable bonds is 2. The second-order valence-electron chi connectivity index (χ2n) is 4.11. The lowest BCUT2D eigenvalue weighted by molar-refractivity contribution is -0.118. The second kappa shape index (κ2) is 3.87. The maximum atomic E-state index is 11.1. The second-order valence-corrected chi connectivity index (χ2v) is 4.98. The Bertz CT molecular complexity index is 536. The van der Waals surface area contributed by atoms with Crippen molar-refractivity contribution in [2.45, 2.75) is 25.7 Å². The smallest absolute Gasteiger partial charge is 0.193 e. The molecule has 3 nitrogen and oxygen atoms in total. The first-order valence-electron chi connectivity index (χ1n) is 5.42. The van der Waals surface area contributed by atoms with Crippen LogP contribution in [0.4, 0.5) is 0 Å². The molecule has 0 unspecified atom stereocenters. The number of hydrogen-bond acceptors (Lipinski definition) is 3. The number of carbonyl (C=O) groups is 1. The van der Waals surface area contributed by atoms with Crippen LogP contribution in [0.5, 0.6) is 0 Å². The molecule has 0 bridgehead atoms. The van der Waals surface area contributed by atoms with Gasteiger partial charge in [-0.3, -0.25) is 9.20 Å². The van der Waals surface area contributed by atoms with Crippen LogP contribution >= 0.6 is 11.3 Å². The van der Waals surface area contributed by atoms with Crippen molar-refractivity contribution in [3.63, 3.8) is 0 Å². The first-order chi connectivity index (χ1) is 7.81. The Labute approximate surface area is 97.4 Å². The number of carbonyl (C=O) groups excluding carboxylic acids is 1. The summed E-state index contributed by atoms with van der Waals surface area (Å²) in [4.78, 5) is 16.7. The minimum Gasteiger partial charge on any atom is -0.299 e. The summed E-state index contributed by atoms with van der Waals surface area (Å²) >= 11 is 1.65. The molecule has 0 radical (unpaired) electrons. The van der Waals surface area contributed by atoms with Gasteiger partial charge in [0.25, 0.3) is 0 Å². The number of nitrogens with zero attached hydrogens (tertiary/aromatic N) is 2. The van der Waals surface area contributed by atoms with Gasteiger partial charge in [-0.2, -0.15) is 0 Å². The molecule has 0 fully saturated rings. The molecule has 0 aliphatic heterocycles. The average Bonchev–Trinajstić information content (AvgIpc) is 2.81. The zero-order valence-electron chi connectivity index (χ0n) is 8.85. The summed E-state index contributed by atoms with van der Waals surface area (Å²) in [7, 11) is 0. The third-order valence-electron chi connectivity index (χ3n) is 2.89. The summed E-state index contributed by atoms with van der Waals surface area (Å²) in [5.74, 6) is 0.356. The Morgan fingerprint density at radius 2 is 2.38 bits per heavy atom. The number of thiazole rings is 1. The molecule has 0 saturated heterocycles. The fraction of sp³-hybridized carbons (Fsp3) is 0.333. The van der Waals surface area contributed by atoms with Crippen LogP contribution in [0.3, 0.4) is 0 Å². The summed E-state index contributed by atoms with van der Waals surface area (Å²) in [5, 5.41) is 2.03. The highest BCUT2D eigenvalue weighted by molar-refractivity contribution is 7.15. The third-order valence-corrected chi connectivity index (χ3v) is 3.67. The zero-order chi connectivity index (χ0) is 11.0. The van der Waals surface area contributed by atoms with Gasteiger partial charge in [-0.15, -0.1) is 11.3 Å². The fourth-order valence-electron chi connectivity index (χ4n) is 2.02. The Hall–Kier alpha value is -1.42. The highest BCUT2D eigenvalue weighted by Crippen LogP contribution is 2.20. The predicted octanol–water partition coefficient (Wildman–Crippen LogP) is 2.62. The highest BCUT2D eigenvalue weighted by Gasteiger charge is 2.12. The van der Waals surface area contributed by atoms with Crippen LogP contribution in [0.25, 0.3) is 4.96 Å². The standard InChI is InChI=1S/C12H12N2OS/c15-11-3-1-9(2-4-11)7-10-8-14-5-6-16-12(14)13-10/h1,5-6,8H,2-4,7H2. The van der Waals surface area contributed by atoms with Gasteiger partial charge >= 0.3 is 0 Å². The maximum absolute atomic E-state index is 11.1. The molecule has 0 spiro atoms. The Balaban J connectivity index is 1.79. The number of hydrogen-bond donors (Lipinski definition) is 0.